The van der Waals surface area contributed by atoms with Crippen molar-refractivity contribution in [2.24, 2.45) is 17.8 Å². The van der Waals surface area contributed by atoms with E-state index < -0.39 is 14.9 Å². The minimum atomic E-state index is -3.76. The number of benzene rings is 1. The second-order valence-electron chi connectivity index (χ2n) is 8.22. The fourth-order valence-electron chi connectivity index (χ4n) is 5.14. The van der Waals surface area contributed by atoms with Crippen molar-refractivity contribution in [2.75, 3.05) is 31.6 Å². The highest BCUT2D eigenvalue weighted by molar-refractivity contribution is 7.89. The van der Waals surface area contributed by atoms with Gasteiger partial charge in [0.25, 0.3) is 5.69 Å². The fraction of sp³-hybridized carbons (Fsp3) is 0.684. The van der Waals surface area contributed by atoms with Crippen LogP contribution in [0.5, 0.6) is 0 Å². The Bertz CT molecular complexity index is 853. The van der Waals surface area contributed by atoms with Crippen LogP contribution in [0.25, 0.3) is 0 Å². The lowest BCUT2D eigenvalue weighted by atomic mass is 9.84. The topological polar surface area (TPSA) is 102 Å². The van der Waals surface area contributed by atoms with Crippen LogP contribution in [0.2, 0.25) is 0 Å². The van der Waals surface area contributed by atoms with Gasteiger partial charge in [0.2, 0.25) is 10.0 Å². The van der Waals surface area contributed by atoms with Crippen molar-refractivity contribution in [3.8, 4) is 0 Å². The number of fused-ring (bicyclic) bond motifs is 2. The zero-order chi connectivity index (χ0) is 19.9. The highest BCUT2D eigenvalue weighted by Gasteiger charge is 2.42. The normalized spacial score (nSPS) is 29.0. The van der Waals surface area contributed by atoms with Crippen molar-refractivity contribution in [3.63, 3.8) is 0 Å². The Hall–Kier alpha value is -1.71. The smallest absolute Gasteiger partial charge is 0.293 e. The van der Waals surface area contributed by atoms with Gasteiger partial charge in [-0.05, 0) is 56.1 Å². The van der Waals surface area contributed by atoms with Crippen LogP contribution < -0.4 is 5.32 Å². The third kappa shape index (κ3) is 3.62. The summed E-state index contributed by atoms with van der Waals surface area (Å²) in [6, 6.07) is 4.31. The molecule has 1 saturated heterocycles. The molecule has 1 heterocycles. The summed E-state index contributed by atoms with van der Waals surface area (Å²) in [5, 5.41) is 15.0. The molecule has 9 heteroatoms. The van der Waals surface area contributed by atoms with Crippen LogP contribution in [0, 0.1) is 27.9 Å². The Morgan fingerprint density at radius 3 is 2.61 bits per heavy atom. The van der Waals surface area contributed by atoms with Gasteiger partial charge in [0.1, 0.15) is 5.69 Å². The van der Waals surface area contributed by atoms with Crippen LogP contribution in [0.3, 0.4) is 0 Å². The Labute approximate surface area is 165 Å². The van der Waals surface area contributed by atoms with Gasteiger partial charge in [0, 0.05) is 25.2 Å². The maximum absolute atomic E-state index is 12.8. The van der Waals surface area contributed by atoms with Gasteiger partial charge in [0.05, 0.1) is 23.0 Å². The van der Waals surface area contributed by atoms with Crippen molar-refractivity contribution in [2.45, 2.75) is 43.5 Å². The lowest BCUT2D eigenvalue weighted by Gasteiger charge is -2.29. The van der Waals surface area contributed by atoms with Crippen molar-refractivity contribution in [3.05, 3.63) is 28.3 Å². The molecule has 3 fully saturated rings. The van der Waals surface area contributed by atoms with Gasteiger partial charge in [0.15, 0.2) is 0 Å². The van der Waals surface area contributed by atoms with E-state index >= 15 is 0 Å². The monoisotopic (exact) mass is 409 g/mol. The van der Waals surface area contributed by atoms with Gasteiger partial charge in [-0.15, -0.1) is 0 Å². The zero-order valence-electron chi connectivity index (χ0n) is 16.0. The Balaban J connectivity index is 1.56. The van der Waals surface area contributed by atoms with Crippen molar-refractivity contribution < 1.29 is 18.1 Å². The number of nitrogens with zero attached hydrogens (tertiary/aromatic N) is 2. The lowest BCUT2D eigenvalue weighted by molar-refractivity contribution is -0.384. The number of hydrogen-bond acceptors (Lipinski definition) is 6. The highest BCUT2D eigenvalue weighted by atomic mass is 32.2. The molecule has 3 aliphatic rings. The first-order valence-corrected chi connectivity index (χ1v) is 11.4. The summed E-state index contributed by atoms with van der Waals surface area (Å²) in [4.78, 5) is 11.1. The lowest BCUT2D eigenvalue weighted by Crippen LogP contribution is -2.40. The SMILES string of the molecule is CC(Nc1ccc(S(=O)(=O)N2CCOCC2)cc1[N+](=O)[O-])C1CC2CCC1C2. The minimum absolute atomic E-state index is 0.0424. The van der Waals surface area contributed by atoms with Gasteiger partial charge in [-0.2, -0.15) is 4.31 Å². The van der Waals surface area contributed by atoms with Gasteiger partial charge in [-0.3, -0.25) is 10.1 Å². The van der Waals surface area contributed by atoms with E-state index in [1.54, 1.807) is 0 Å². The quantitative estimate of drug-likeness (QED) is 0.573. The molecule has 1 aliphatic heterocycles. The van der Waals surface area contributed by atoms with E-state index in [2.05, 4.69) is 12.2 Å². The molecule has 28 heavy (non-hydrogen) atoms. The van der Waals surface area contributed by atoms with Crippen molar-refractivity contribution >= 4 is 21.4 Å². The number of nitrogens with one attached hydrogen (secondary N) is 1. The summed E-state index contributed by atoms with van der Waals surface area (Å²) in [5.41, 5.74) is 0.200. The van der Waals surface area contributed by atoms with Crippen LogP contribution in [-0.4, -0.2) is 50.0 Å². The van der Waals surface area contributed by atoms with Gasteiger partial charge in [-0.1, -0.05) is 6.42 Å². The summed E-state index contributed by atoms with van der Waals surface area (Å²) in [7, 11) is -3.76. The molecule has 0 amide bonds. The van der Waals surface area contributed by atoms with Crippen LogP contribution in [0.15, 0.2) is 23.1 Å². The molecular weight excluding hydrogens is 382 g/mol. The number of sulfonamides is 1. The molecule has 4 unspecified atom stereocenters. The first-order valence-electron chi connectivity index (χ1n) is 9.99. The summed E-state index contributed by atoms with van der Waals surface area (Å²) >= 11 is 0. The third-order valence-electron chi connectivity index (χ3n) is 6.59. The highest BCUT2D eigenvalue weighted by Crippen LogP contribution is 2.50. The minimum Gasteiger partial charge on any atom is -0.379 e. The van der Waals surface area contributed by atoms with E-state index in [1.165, 1.54) is 48.2 Å². The first kappa shape index (κ1) is 19.6. The molecule has 4 rings (SSSR count). The van der Waals surface area contributed by atoms with Crippen LogP contribution in [0.1, 0.15) is 32.6 Å². The molecule has 2 aliphatic carbocycles. The molecule has 0 spiro atoms. The van der Waals surface area contributed by atoms with Crippen molar-refractivity contribution in [1.82, 2.24) is 4.31 Å². The Morgan fingerprint density at radius 2 is 2.00 bits per heavy atom. The zero-order valence-corrected chi connectivity index (χ0v) is 16.9. The van der Waals surface area contributed by atoms with Crippen LogP contribution >= 0.6 is 0 Å². The number of anilines is 1. The Kier molecular flexibility index (Phi) is 5.32. The number of morpholine rings is 1. The number of nitro groups is 1. The molecule has 0 radical (unpaired) electrons. The predicted molar refractivity (Wildman–Crippen MR) is 105 cm³/mol. The number of ether oxygens (including phenoxy) is 1. The van der Waals surface area contributed by atoms with Crippen LogP contribution in [-0.2, 0) is 14.8 Å². The molecule has 2 bridgehead atoms. The maximum Gasteiger partial charge on any atom is 0.293 e. The first-order chi connectivity index (χ1) is 13.4. The summed E-state index contributed by atoms with van der Waals surface area (Å²) in [6.45, 7) is 3.27. The van der Waals surface area contributed by atoms with E-state index in [0.717, 1.165) is 5.92 Å². The van der Waals surface area contributed by atoms with Gasteiger partial charge < -0.3 is 10.1 Å². The number of hydrogen-bond donors (Lipinski definition) is 1. The molecule has 1 N–H and O–H groups in total. The van der Waals surface area contributed by atoms with Gasteiger partial charge >= 0.3 is 0 Å². The summed E-state index contributed by atoms with van der Waals surface area (Å²) in [5.74, 6) is 2.03. The second kappa shape index (κ2) is 7.61. The average Bonchev–Trinajstić information content (AvgIpc) is 3.32. The second-order valence-corrected chi connectivity index (χ2v) is 10.2. The van der Waals surface area contributed by atoms with E-state index in [0.29, 0.717) is 30.7 Å². The molecule has 2 saturated carbocycles. The summed E-state index contributed by atoms with van der Waals surface area (Å²) in [6.07, 6.45) is 5.01. The molecular formula is C19H27N3O5S. The molecule has 0 aromatic heterocycles. The summed E-state index contributed by atoms with van der Waals surface area (Å²) < 4.78 is 32.2. The van der Waals surface area contributed by atoms with Crippen molar-refractivity contribution in [1.29, 1.82) is 0 Å². The molecule has 154 valence electrons. The molecule has 1 aromatic carbocycles. The fourth-order valence-corrected chi connectivity index (χ4v) is 6.57. The van der Waals surface area contributed by atoms with E-state index in [1.807, 2.05) is 0 Å². The van der Waals surface area contributed by atoms with Gasteiger partial charge in [-0.25, -0.2) is 8.42 Å². The third-order valence-corrected chi connectivity index (χ3v) is 8.49. The molecule has 4 atom stereocenters. The predicted octanol–water partition coefficient (Wildman–Crippen LogP) is 2.85. The van der Waals surface area contributed by atoms with E-state index in [4.69, 9.17) is 4.74 Å². The van der Waals surface area contributed by atoms with E-state index in [9.17, 15) is 18.5 Å². The van der Waals surface area contributed by atoms with Crippen LogP contribution in [0.4, 0.5) is 11.4 Å². The largest absolute Gasteiger partial charge is 0.379 e. The number of nitro benzene ring substituents is 1. The maximum atomic E-state index is 12.8. The van der Waals surface area contributed by atoms with E-state index in [-0.39, 0.29) is 29.7 Å². The standard InChI is InChI=1S/C19H27N3O5S/c1-13(17-11-14-2-3-15(17)10-14)20-18-5-4-16(12-19(18)22(23)24)28(25,26)21-6-8-27-9-7-21/h4-5,12-15,17,20H,2-3,6-11H2,1H3. The number of rotatable bonds is 6. The molecule has 1 aromatic rings. The molecule has 8 nitrogen and oxygen atoms in total. The Morgan fingerprint density at radius 1 is 1.25 bits per heavy atom. The average molecular weight is 410 g/mol.